The molecule has 0 amide bonds. The van der Waals surface area contributed by atoms with Crippen LogP contribution in [0.25, 0.3) is 0 Å². The first-order valence-electron chi connectivity index (χ1n) is 6.19. The lowest BCUT2D eigenvalue weighted by molar-refractivity contribution is -0.134. The SMILES string of the molecule is CCOC(Cc1c(OC)cccc1OC)OCC. The first-order valence-corrected chi connectivity index (χ1v) is 6.19. The minimum absolute atomic E-state index is 0.273. The van der Waals surface area contributed by atoms with Crippen LogP contribution < -0.4 is 9.47 Å². The lowest BCUT2D eigenvalue weighted by atomic mass is 10.1. The normalized spacial score (nSPS) is 10.7. The second-order valence-corrected chi connectivity index (χ2v) is 3.69. The number of hydrogen-bond acceptors (Lipinski definition) is 4. The van der Waals surface area contributed by atoms with Gasteiger partial charge in [-0.05, 0) is 26.0 Å². The minimum Gasteiger partial charge on any atom is -0.496 e. The molecule has 0 aliphatic heterocycles. The van der Waals surface area contributed by atoms with Gasteiger partial charge in [0, 0.05) is 25.2 Å². The largest absolute Gasteiger partial charge is 0.496 e. The quantitative estimate of drug-likeness (QED) is 0.668. The standard InChI is InChI=1S/C14H22O4/c1-5-17-14(18-6-2)10-11-12(15-3)8-7-9-13(11)16-4/h7-9,14H,5-6,10H2,1-4H3. The summed E-state index contributed by atoms with van der Waals surface area (Å²) >= 11 is 0. The molecule has 0 N–H and O–H groups in total. The van der Waals surface area contributed by atoms with Gasteiger partial charge in [-0.25, -0.2) is 0 Å². The van der Waals surface area contributed by atoms with Crippen molar-refractivity contribution in [1.29, 1.82) is 0 Å². The lowest BCUT2D eigenvalue weighted by Crippen LogP contribution is -2.20. The summed E-state index contributed by atoms with van der Waals surface area (Å²) in [6.45, 7) is 5.13. The Morgan fingerprint density at radius 1 is 0.944 bits per heavy atom. The molecule has 4 heteroatoms. The second kappa shape index (κ2) is 7.95. The summed E-state index contributed by atoms with van der Waals surface area (Å²) in [4.78, 5) is 0. The molecule has 1 aromatic carbocycles. The van der Waals surface area contributed by atoms with Gasteiger partial charge >= 0.3 is 0 Å². The van der Waals surface area contributed by atoms with E-state index in [9.17, 15) is 0 Å². The molecule has 0 aromatic heterocycles. The molecular weight excluding hydrogens is 232 g/mol. The van der Waals surface area contributed by atoms with Gasteiger partial charge in [0.25, 0.3) is 0 Å². The lowest BCUT2D eigenvalue weighted by Gasteiger charge is -2.20. The monoisotopic (exact) mass is 254 g/mol. The number of rotatable bonds is 8. The Hall–Kier alpha value is -1.26. The highest BCUT2D eigenvalue weighted by atomic mass is 16.7. The molecule has 0 fully saturated rings. The van der Waals surface area contributed by atoms with E-state index in [-0.39, 0.29) is 6.29 Å². The fourth-order valence-electron chi connectivity index (χ4n) is 1.83. The first-order chi connectivity index (χ1) is 8.76. The topological polar surface area (TPSA) is 36.9 Å². The van der Waals surface area contributed by atoms with Crippen LogP contribution in [0.2, 0.25) is 0 Å². The van der Waals surface area contributed by atoms with E-state index in [0.29, 0.717) is 19.6 Å². The third kappa shape index (κ3) is 3.89. The molecule has 102 valence electrons. The molecule has 0 saturated heterocycles. The molecule has 0 aliphatic rings. The van der Waals surface area contributed by atoms with Crippen molar-refractivity contribution in [2.45, 2.75) is 26.6 Å². The van der Waals surface area contributed by atoms with Crippen molar-refractivity contribution < 1.29 is 18.9 Å². The van der Waals surface area contributed by atoms with Gasteiger partial charge in [-0.3, -0.25) is 0 Å². The minimum atomic E-state index is -0.273. The van der Waals surface area contributed by atoms with Crippen LogP contribution in [0.5, 0.6) is 11.5 Å². The molecule has 18 heavy (non-hydrogen) atoms. The van der Waals surface area contributed by atoms with Gasteiger partial charge in [0.05, 0.1) is 14.2 Å². The van der Waals surface area contributed by atoms with E-state index >= 15 is 0 Å². The maximum atomic E-state index is 5.55. The number of methoxy groups -OCH3 is 2. The molecule has 0 bridgehead atoms. The van der Waals surface area contributed by atoms with Crippen molar-refractivity contribution in [3.8, 4) is 11.5 Å². The molecule has 0 atom stereocenters. The van der Waals surface area contributed by atoms with Crippen LogP contribution in [-0.4, -0.2) is 33.7 Å². The van der Waals surface area contributed by atoms with Gasteiger partial charge in [-0.2, -0.15) is 0 Å². The fourth-order valence-corrected chi connectivity index (χ4v) is 1.83. The predicted molar refractivity (Wildman–Crippen MR) is 70.3 cm³/mol. The average Bonchev–Trinajstić information content (AvgIpc) is 2.39. The van der Waals surface area contributed by atoms with E-state index in [4.69, 9.17) is 18.9 Å². The zero-order chi connectivity index (χ0) is 13.4. The Bertz CT molecular complexity index is 323. The molecule has 0 radical (unpaired) electrons. The molecule has 0 aliphatic carbocycles. The van der Waals surface area contributed by atoms with Gasteiger partial charge in [0.15, 0.2) is 6.29 Å². The summed E-state index contributed by atoms with van der Waals surface area (Å²) in [5.41, 5.74) is 0.967. The number of hydrogen-bond donors (Lipinski definition) is 0. The van der Waals surface area contributed by atoms with Gasteiger partial charge in [-0.15, -0.1) is 0 Å². The van der Waals surface area contributed by atoms with Crippen LogP contribution >= 0.6 is 0 Å². The molecule has 0 unspecified atom stereocenters. The zero-order valence-electron chi connectivity index (χ0n) is 11.6. The van der Waals surface area contributed by atoms with E-state index < -0.39 is 0 Å². The predicted octanol–water partition coefficient (Wildman–Crippen LogP) is 2.65. The summed E-state index contributed by atoms with van der Waals surface area (Å²) in [5, 5.41) is 0. The zero-order valence-corrected chi connectivity index (χ0v) is 11.6. The Morgan fingerprint density at radius 3 is 1.83 bits per heavy atom. The second-order valence-electron chi connectivity index (χ2n) is 3.69. The summed E-state index contributed by atoms with van der Waals surface area (Å²) in [5.74, 6) is 1.58. The molecular formula is C14H22O4. The Kier molecular flexibility index (Phi) is 6.54. The highest BCUT2D eigenvalue weighted by molar-refractivity contribution is 5.45. The summed E-state index contributed by atoms with van der Waals surface area (Å²) in [7, 11) is 3.29. The van der Waals surface area contributed by atoms with E-state index in [1.165, 1.54) is 0 Å². The molecule has 1 aromatic rings. The Morgan fingerprint density at radius 2 is 1.44 bits per heavy atom. The number of ether oxygens (including phenoxy) is 4. The third-order valence-electron chi connectivity index (χ3n) is 2.61. The molecule has 0 saturated carbocycles. The maximum Gasteiger partial charge on any atom is 0.161 e. The van der Waals surface area contributed by atoms with Crippen molar-refractivity contribution in [3.05, 3.63) is 23.8 Å². The van der Waals surface area contributed by atoms with Crippen LogP contribution in [0, 0.1) is 0 Å². The molecule has 0 spiro atoms. The highest BCUT2D eigenvalue weighted by Crippen LogP contribution is 2.30. The Labute approximate surface area is 109 Å². The summed E-state index contributed by atoms with van der Waals surface area (Å²) in [6, 6.07) is 5.72. The van der Waals surface area contributed by atoms with Crippen LogP contribution in [-0.2, 0) is 15.9 Å². The van der Waals surface area contributed by atoms with E-state index in [0.717, 1.165) is 17.1 Å². The van der Waals surface area contributed by atoms with Crippen molar-refractivity contribution in [3.63, 3.8) is 0 Å². The van der Waals surface area contributed by atoms with Crippen LogP contribution in [0.3, 0.4) is 0 Å². The fraction of sp³-hybridized carbons (Fsp3) is 0.571. The maximum absolute atomic E-state index is 5.55. The van der Waals surface area contributed by atoms with Gasteiger partial charge < -0.3 is 18.9 Å². The van der Waals surface area contributed by atoms with Crippen molar-refractivity contribution >= 4 is 0 Å². The van der Waals surface area contributed by atoms with Crippen LogP contribution in [0.15, 0.2) is 18.2 Å². The third-order valence-corrected chi connectivity index (χ3v) is 2.61. The summed E-state index contributed by atoms with van der Waals surface area (Å²) < 4.78 is 21.8. The smallest absolute Gasteiger partial charge is 0.161 e. The van der Waals surface area contributed by atoms with E-state index in [2.05, 4.69) is 0 Å². The first kappa shape index (κ1) is 14.8. The number of benzene rings is 1. The molecule has 0 heterocycles. The Balaban J connectivity index is 2.91. The molecule has 4 nitrogen and oxygen atoms in total. The average molecular weight is 254 g/mol. The molecule has 1 rings (SSSR count). The van der Waals surface area contributed by atoms with Crippen LogP contribution in [0.4, 0.5) is 0 Å². The van der Waals surface area contributed by atoms with Crippen molar-refractivity contribution in [1.82, 2.24) is 0 Å². The van der Waals surface area contributed by atoms with Crippen molar-refractivity contribution in [2.75, 3.05) is 27.4 Å². The highest BCUT2D eigenvalue weighted by Gasteiger charge is 2.16. The van der Waals surface area contributed by atoms with E-state index in [1.54, 1.807) is 14.2 Å². The van der Waals surface area contributed by atoms with E-state index in [1.807, 2.05) is 32.0 Å². The van der Waals surface area contributed by atoms with Gasteiger partial charge in [0.2, 0.25) is 0 Å². The summed E-state index contributed by atoms with van der Waals surface area (Å²) in [6.07, 6.45) is 0.333. The van der Waals surface area contributed by atoms with Crippen molar-refractivity contribution in [2.24, 2.45) is 0 Å². The van der Waals surface area contributed by atoms with Gasteiger partial charge in [0.1, 0.15) is 11.5 Å². The van der Waals surface area contributed by atoms with Gasteiger partial charge in [-0.1, -0.05) is 6.07 Å². The van der Waals surface area contributed by atoms with Crippen LogP contribution in [0.1, 0.15) is 19.4 Å².